The van der Waals surface area contributed by atoms with Crippen molar-refractivity contribution < 1.29 is 14.3 Å². The highest BCUT2D eigenvalue weighted by molar-refractivity contribution is 5.95. The molecule has 1 saturated heterocycles. The Balaban J connectivity index is 1.99. The first kappa shape index (κ1) is 25.2. The van der Waals surface area contributed by atoms with Gasteiger partial charge in [0, 0.05) is 30.2 Å². The van der Waals surface area contributed by atoms with Gasteiger partial charge in [0.1, 0.15) is 6.79 Å². The Bertz CT molecular complexity index is 675. The third kappa shape index (κ3) is 5.75. The Morgan fingerprint density at radius 1 is 1.00 bits per heavy atom. The van der Waals surface area contributed by atoms with Crippen molar-refractivity contribution in [3.63, 3.8) is 0 Å². The molecule has 2 fully saturated rings. The van der Waals surface area contributed by atoms with E-state index in [-0.39, 0.29) is 17.6 Å². The van der Waals surface area contributed by atoms with Gasteiger partial charge < -0.3 is 14.4 Å². The highest BCUT2D eigenvalue weighted by Gasteiger charge is 2.54. The Kier molecular flexibility index (Phi) is 10.1. The summed E-state index contributed by atoms with van der Waals surface area (Å²) in [6, 6.07) is 10.3. The second kappa shape index (κ2) is 12.7. The van der Waals surface area contributed by atoms with Crippen LogP contribution in [-0.2, 0) is 9.47 Å². The summed E-state index contributed by atoms with van der Waals surface area (Å²) >= 11 is 0. The number of carbonyl (C=O) groups is 1. The number of amides is 1. The number of piperidine rings is 1. The molecule has 1 aliphatic heterocycles. The normalized spacial score (nSPS) is 28.2. The third-order valence-corrected chi connectivity index (χ3v) is 7.88. The number of nitrogens with zero attached hydrogens (tertiary/aromatic N) is 1. The highest BCUT2D eigenvalue weighted by Crippen LogP contribution is 2.50. The van der Waals surface area contributed by atoms with Crippen molar-refractivity contribution in [1.29, 1.82) is 0 Å². The number of ether oxygens (including phenoxy) is 2. The van der Waals surface area contributed by atoms with Gasteiger partial charge in [-0.2, -0.15) is 0 Å². The van der Waals surface area contributed by atoms with E-state index in [1.165, 1.54) is 38.5 Å². The lowest BCUT2D eigenvalue weighted by molar-refractivity contribution is -0.150. The second-order valence-electron chi connectivity index (χ2n) is 9.94. The van der Waals surface area contributed by atoms with E-state index in [1.54, 1.807) is 7.11 Å². The van der Waals surface area contributed by atoms with Crippen molar-refractivity contribution in [3.8, 4) is 0 Å². The minimum atomic E-state index is -0.0894. The minimum absolute atomic E-state index is 0.0894. The van der Waals surface area contributed by atoms with Crippen molar-refractivity contribution in [3.05, 3.63) is 35.9 Å². The van der Waals surface area contributed by atoms with Gasteiger partial charge >= 0.3 is 0 Å². The molecule has 1 spiro atoms. The first-order chi connectivity index (χ1) is 15.7. The molecule has 1 aromatic rings. The quantitative estimate of drug-likeness (QED) is 0.273. The molecule has 3 rings (SSSR count). The van der Waals surface area contributed by atoms with Crippen molar-refractivity contribution in [2.24, 2.45) is 5.92 Å². The zero-order valence-corrected chi connectivity index (χ0v) is 20.7. The van der Waals surface area contributed by atoms with Crippen LogP contribution in [0.25, 0.3) is 0 Å². The van der Waals surface area contributed by atoms with Crippen LogP contribution in [-0.4, -0.2) is 42.4 Å². The molecule has 0 aromatic heterocycles. The lowest BCUT2D eigenvalue weighted by Gasteiger charge is -2.59. The monoisotopic (exact) mass is 443 g/mol. The molecule has 4 heteroatoms. The minimum Gasteiger partial charge on any atom is -0.359 e. The maximum atomic E-state index is 14.1. The average Bonchev–Trinajstić information content (AvgIpc) is 2.82. The van der Waals surface area contributed by atoms with Gasteiger partial charge in [-0.25, -0.2) is 0 Å². The summed E-state index contributed by atoms with van der Waals surface area (Å²) in [4.78, 5) is 16.5. The third-order valence-electron chi connectivity index (χ3n) is 7.88. The molecule has 0 N–H and O–H groups in total. The predicted octanol–water partition coefficient (Wildman–Crippen LogP) is 6.98. The molecule has 1 heterocycles. The second-order valence-corrected chi connectivity index (χ2v) is 9.94. The van der Waals surface area contributed by atoms with Crippen LogP contribution in [0, 0.1) is 5.92 Å². The molecule has 2 aliphatic rings. The van der Waals surface area contributed by atoms with Crippen molar-refractivity contribution in [2.75, 3.05) is 13.9 Å². The fourth-order valence-corrected chi connectivity index (χ4v) is 6.43. The first-order valence-corrected chi connectivity index (χ1v) is 13.2. The van der Waals surface area contributed by atoms with Gasteiger partial charge in [0.05, 0.1) is 6.10 Å². The molecule has 0 bridgehead atoms. The van der Waals surface area contributed by atoms with E-state index in [9.17, 15) is 4.79 Å². The van der Waals surface area contributed by atoms with Crippen LogP contribution < -0.4 is 0 Å². The molecule has 32 heavy (non-hydrogen) atoms. The van der Waals surface area contributed by atoms with Gasteiger partial charge in [-0.3, -0.25) is 4.79 Å². The molecule has 1 aromatic carbocycles. The fraction of sp³-hybridized carbons (Fsp3) is 0.750. The van der Waals surface area contributed by atoms with E-state index in [1.807, 2.05) is 30.3 Å². The molecule has 4 nitrogen and oxygen atoms in total. The summed E-state index contributed by atoms with van der Waals surface area (Å²) in [7, 11) is 1.70. The average molecular weight is 444 g/mol. The zero-order chi connectivity index (χ0) is 22.8. The fourth-order valence-electron chi connectivity index (χ4n) is 6.43. The smallest absolute Gasteiger partial charge is 0.254 e. The topological polar surface area (TPSA) is 38.8 Å². The Labute approximate surface area is 196 Å². The molecule has 180 valence electrons. The highest BCUT2D eigenvalue weighted by atomic mass is 16.7. The zero-order valence-electron chi connectivity index (χ0n) is 20.7. The maximum Gasteiger partial charge on any atom is 0.254 e. The summed E-state index contributed by atoms with van der Waals surface area (Å²) in [5.74, 6) is 0.619. The number of carbonyl (C=O) groups excluding carboxylic acids is 1. The van der Waals surface area contributed by atoms with Gasteiger partial charge in [0.25, 0.3) is 5.91 Å². The van der Waals surface area contributed by atoms with E-state index in [0.717, 1.165) is 50.5 Å². The number of benzene rings is 1. The van der Waals surface area contributed by atoms with Crippen molar-refractivity contribution in [1.82, 2.24) is 4.90 Å². The number of methoxy groups -OCH3 is 1. The maximum absolute atomic E-state index is 14.1. The van der Waals surface area contributed by atoms with Gasteiger partial charge in [0.2, 0.25) is 0 Å². The summed E-state index contributed by atoms with van der Waals surface area (Å²) in [5, 5.41) is 0. The van der Waals surface area contributed by atoms with Gasteiger partial charge in [-0.05, 0) is 63.5 Å². The van der Waals surface area contributed by atoms with E-state index in [2.05, 4.69) is 18.7 Å². The van der Waals surface area contributed by atoms with Gasteiger partial charge in [0.15, 0.2) is 0 Å². The number of likely N-dealkylation sites (tertiary alicyclic amines) is 1. The van der Waals surface area contributed by atoms with Crippen LogP contribution in [0.3, 0.4) is 0 Å². The Morgan fingerprint density at radius 3 is 2.41 bits per heavy atom. The van der Waals surface area contributed by atoms with E-state index >= 15 is 0 Å². The molecule has 1 saturated carbocycles. The summed E-state index contributed by atoms with van der Waals surface area (Å²) < 4.78 is 11.6. The predicted molar refractivity (Wildman–Crippen MR) is 131 cm³/mol. The van der Waals surface area contributed by atoms with E-state index in [4.69, 9.17) is 9.47 Å². The molecule has 1 aliphatic carbocycles. The molecule has 0 radical (unpaired) electrons. The van der Waals surface area contributed by atoms with Crippen LogP contribution >= 0.6 is 0 Å². The summed E-state index contributed by atoms with van der Waals surface area (Å²) in [6.07, 6.45) is 15.2. The number of hydrogen-bond donors (Lipinski definition) is 0. The molecule has 1 amide bonds. The van der Waals surface area contributed by atoms with Gasteiger partial charge in [-0.1, -0.05) is 64.2 Å². The first-order valence-electron chi connectivity index (χ1n) is 13.2. The molecular weight excluding hydrogens is 398 g/mol. The number of rotatable bonds is 11. The lowest BCUT2D eigenvalue weighted by atomic mass is 9.63. The van der Waals surface area contributed by atoms with Crippen molar-refractivity contribution in [2.45, 2.75) is 115 Å². The largest absolute Gasteiger partial charge is 0.359 e. The van der Waals surface area contributed by atoms with Crippen LogP contribution in [0.4, 0.5) is 0 Å². The molecule has 4 atom stereocenters. The standard InChI is InChI=1S/C28H45NO3/c1-4-6-9-16-24-17-12-20-28(29(24)27(30)23-14-10-8-11-15-23)21-13-19-26(32-22-31-3)25(28)18-7-5-2/h8,10-11,14-15,24-26H,4-7,9,12-13,16-22H2,1-3H3/t24-,25-,26+,28+/m0/s1. The van der Waals surface area contributed by atoms with Crippen LogP contribution in [0.1, 0.15) is 108 Å². The number of hydrogen-bond acceptors (Lipinski definition) is 3. The van der Waals surface area contributed by atoms with Crippen LogP contribution in [0.2, 0.25) is 0 Å². The van der Waals surface area contributed by atoms with Crippen molar-refractivity contribution >= 4 is 5.91 Å². The SMILES string of the molecule is CCCCC[C@H]1CCC[C@]2(CCC[C@@H](OCOC)[C@@H]2CCCC)N1C(=O)c1ccccc1. The van der Waals surface area contributed by atoms with Gasteiger partial charge in [-0.15, -0.1) is 0 Å². The summed E-state index contributed by atoms with van der Waals surface area (Å²) in [5.41, 5.74) is 0.747. The van der Waals surface area contributed by atoms with E-state index < -0.39 is 0 Å². The summed E-state index contributed by atoms with van der Waals surface area (Å²) in [6.45, 7) is 4.87. The van der Waals surface area contributed by atoms with E-state index in [0.29, 0.717) is 18.8 Å². The van der Waals surface area contributed by atoms with Crippen LogP contribution in [0.5, 0.6) is 0 Å². The number of unbranched alkanes of at least 4 members (excludes halogenated alkanes) is 3. The Morgan fingerprint density at radius 2 is 1.72 bits per heavy atom. The Hall–Kier alpha value is -1.39. The molecule has 0 unspecified atom stereocenters. The van der Waals surface area contributed by atoms with Crippen LogP contribution in [0.15, 0.2) is 30.3 Å². The molecular formula is C28H45NO3. The lowest BCUT2D eigenvalue weighted by Crippen LogP contribution is -2.66.